The predicted molar refractivity (Wildman–Crippen MR) is 152 cm³/mol. The van der Waals surface area contributed by atoms with Crippen molar-refractivity contribution in [3.63, 3.8) is 0 Å². The van der Waals surface area contributed by atoms with Gasteiger partial charge in [0.1, 0.15) is 11.8 Å². The number of rotatable bonds is 3. The van der Waals surface area contributed by atoms with Crippen LogP contribution in [0.25, 0.3) is 10.9 Å². The summed E-state index contributed by atoms with van der Waals surface area (Å²) < 4.78 is 0. The molecule has 0 fully saturated rings. The van der Waals surface area contributed by atoms with Crippen LogP contribution >= 0.6 is 19.5 Å². The molecule has 5 rings (SSSR count). The Morgan fingerprint density at radius 2 is 1.17 bits per heavy atom. The lowest BCUT2D eigenvalue weighted by Gasteiger charge is -2.18. The highest BCUT2D eigenvalue weighted by Gasteiger charge is 2.17. The molecule has 0 saturated heterocycles. The molecule has 3 nitrogen and oxygen atoms in total. The first kappa shape index (κ1) is 25.4. The Morgan fingerprint density at radius 3 is 1.58 bits per heavy atom. The van der Waals surface area contributed by atoms with E-state index in [2.05, 4.69) is 96.0 Å². The van der Waals surface area contributed by atoms with Gasteiger partial charge in [0.05, 0.1) is 16.1 Å². The van der Waals surface area contributed by atoms with Crippen LogP contribution in [0.5, 0.6) is 5.75 Å². The molecule has 5 aromatic rings. The lowest BCUT2D eigenvalue weighted by atomic mass is 9.98. The summed E-state index contributed by atoms with van der Waals surface area (Å²) in [4.78, 5) is 4.21. The van der Waals surface area contributed by atoms with Gasteiger partial charge in [-0.1, -0.05) is 103 Å². The van der Waals surface area contributed by atoms with E-state index in [-0.39, 0.29) is 5.75 Å². The molecule has 0 unspecified atom stereocenters. The maximum Gasteiger partial charge on any atom is 0.123 e. The zero-order chi connectivity index (χ0) is 25.7. The van der Waals surface area contributed by atoms with E-state index < -0.39 is 7.92 Å². The molecule has 0 amide bonds. The fourth-order valence-corrected chi connectivity index (χ4v) is 6.76. The van der Waals surface area contributed by atoms with Gasteiger partial charge in [0.25, 0.3) is 0 Å². The molecule has 0 aliphatic heterocycles. The van der Waals surface area contributed by atoms with E-state index in [1.165, 1.54) is 22.1 Å². The lowest BCUT2D eigenvalue weighted by molar-refractivity contribution is 0.467. The molecule has 1 N–H and O–H groups in total. The molecule has 1 heterocycles. The van der Waals surface area contributed by atoms with Crippen molar-refractivity contribution in [2.75, 3.05) is 0 Å². The predicted octanol–water partition coefficient (Wildman–Crippen LogP) is 6.84. The maximum atomic E-state index is 9.95. The van der Waals surface area contributed by atoms with Crippen molar-refractivity contribution in [1.82, 2.24) is 4.98 Å². The van der Waals surface area contributed by atoms with Crippen LogP contribution < -0.4 is 15.9 Å². The van der Waals surface area contributed by atoms with E-state index in [9.17, 15) is 5.11 Å². The number of nitrogens with zero attached hydrogens (tertiary/aromatic N) is 2. The largest absolute Gasteiger partial charge is 0.507 e. The van der Waals surface area contributed by atoms with Crippen molar-refractivity contribution in [3.05, 3.63) is 124 Å². The van der Waals surface area contributed by atoms with Crippen LogP contribution in [0.4, 0.5) is 0 Å². The van der Waals surface area contributed by atoms with Crippen molar-refractivity contribution < 1.29 is 5.11 Å². The zero-order valence-corrected chi connectivity index (χ0v) is 22.1. The van der Waals surface area contributed by atoms with Crippen molar-refractivity contribution in [2.24, 2.45) is 0 Å². The Bertz CT molecular complexity index is 1440. The van der Waals surface area contributed by atoms with Gasteiger partial charge in [-0.3, -0.25) is 4.98 Å². The fraction of sp³-hybridized carbons (Fsp3) is 0.0968. The number of aromatic nitrogens is 1. The van der Waals surface area contributed by atoms with Gasteiger partial charge in [-0.05, 0) is 55.7 Å². The van der Waals surface area contributed by atoms with Gasteiger partial charge in [0, 0.05) is 17.1 Å². The second kappa shape index (κ2) is 11.4. The van der Waals surface area contributed by atoms with Gasteiger partial charge in [-0.25, -0.2) is 0 Å². The monoisotopic (exact) mass is 508 g/mol. The minimum atomic E-state index is -0.446. The number of aromatic hydroxyl groups is 1. The average molecular weight is 509 g/mol. The summed E-state index contributed by atoms with van der Waals surface area (Å²) in [5.41, 5.74) is 3.32. The third-order valence-electron chi connectivity index (χ3n) is 6.18. The Morgan fingerprint density at radius 1 is 0.722 bits per heavy atom. The second-order valence-corrected chi connectivity index (χ2v) is 11.0. The highest BCUT2D eigenvalue weighted by atomic mass is 35.5. The lowest BCUT2D eigenvalue weighted by Crippen LogP contribution is -2.20. The molecule has 0 bridgehead atoms. The normalized spacial score (nSPS) is 10.6. The van der Waals surface area contributed by atoms with E-state index in [0.717, 1.165) is 16.5 Å². The Kier molecular flexibility index (Phi) is 8.01. The molecule has 36 heavy (non-hydrogen) atoms. The number of benzene rings is 4. The van der Waals surface area contributed by atoms with E-state index in [1.807, 2.05) is 19.9 Å². The highest BCUT2D eigenvalue weighted by Crippen LogP contribution is 2.37. The van der Waals surface area contributed by atoms with Crippen molar-refractivity contribution in [2.45, 2.75) is 20.8 Å². The number of hydrogen-bond donors (Lipinski definition) is 1. The summed E-state index contributed by atoms with van der Waals surface area (Å²) in [5, 5.41) is 24.2. The SMILES string of the molecule is Cc1c(O)c(C)c2ncc(C#N)c(Cl)c2c1C.c1ccc(P(c2ccccc2)c2ccccc2)cc1. The Labute approximate surface area is 218 Å². The molecule has 4 aromatic carbocycles. The molecular weight excluding hydrogens is 483 g/mol. The number of phenols is 1. The molecule has 1 aromatic heterocycles. The van der Waals surface area contributed by atoms with Gasteiger partial charge < -0.3 is 5.11 Å². The van der Waals surface area contributed by atoms with Gasteiger partial charge in [0.15, 0.2) is 0 Å². The molecule has 0 aliphatic rings. The number of pyridine rings is 1. The molecule has 0 atom stereocenters. The molecule has 0 radical (unpaired) electrons. The number of phenolic OH excluding ortho intramolecular Hbond substituents is 1. The van der Waals surface area contributed by atoms with E-state index >= 15 is 0 Å². The Hall–Kier alpha value is -3.70. The number of nitriles is 1. The quantitative estimate of drug-likeness (QED) is 0.271. The van der Waals surface area contributed by atoms with Crippen molar-refractivity contribution >= 4 is 46.3 Å². The van der Waals surface area contributed by atoms with E-state index in [1.54, 1.807) is 6.92 Å². The average Bonchev–Trinajstić information content (AvgIpc) is 2.93. The minimum Gasteiger partial charge on any atom is -0.507 e. The van der Waals surface area contributed by atoms with Crippen LogP contribution in [-0.2, 0) is 0 Å². The van der Waals surface area contributed by atoms with Gasteiger partial charge in [0.2, 0.25) is 0 Å². The molecule has 0 saturated carbocycles. The zero-order valence-electron chi connectivity index (χ0n) is 20.4. The first-order chi connectivity index (χ1) is 17.4. The first-order valence-electron chi connectivity index (χ1n) is 11.6. The third-order valence-corrected chi connectivity index (χ3v) is 9.02. The van der Waals surface area contributed by atoms with Crippen LogP contribution in [-0.4, -0.2) is 10.1 Å². The van der Waals surface area contributed by atoms with Crippen LogP contribution in [0.15, 0.2) is 97.2 Å². The van der Waals surface area contributed by atoms with Gasteiger partial charge >= 0.3 is 0 Å². The summed E-state index contributed by atoms with van der Waals surface area (Å²) in [6.07, 6.45) is 1.44. The van der Waals surface area contributed by atoms with Crippen LogP contribution in [0.3, 0.4) is 0 Å². The van der Waals surface area contributed by atoms with Gasteiger partial charge in [-0.15, -0.1) is 0 Å². The third kappa shape index (κ3) is 5.12. The van der Waals surface area contributed by atoms with Crippen LogP contribution in [0, 0.1) is 32.1 Å². The molecule has 0 spiro atoms. The summed E-state index contributed by atoms with van der Waals surface area (Å²) >= 11 is 6.20. The van der Waals surface area contributed by atoms with Gasteiger partial charge in [-0.2, -0.15) is 5.26 Å². The minimum absolute atomic E-state index is 0.239. The number of aryl methyl sites for hydroxylation is 2. The number of fused-ring (bicyclic) bond motifs is 1. The first-order valence-corrected chi connectivity index (χ1v) is 13.3. The summed E-state index contributed by atoms with van der Waals surface area (Å²) in [6, 6.07) is 34.3. The molecule has 5 heteroatoms. The summed E-state index contributed by atoms with van der Waals surface area (Å²) in [7, 11) is -0.446. The van der Waals surface area contributed by atoms with Crippen molar-refractivity contribution in [1.29, 1.82) is 5.26 Å². The smallest absolute Gasteiger partial charge is 0.123 e. The van der Waals surface area contributed by atoms with Crippen LogP contribution in [0.1, 0.15) is 22.3 Å². The molecule has 0 aliphatic carbocycles. The van der Waals surface area contributed by atoms with Crippen molar-refractivity contribution in [3.8, 4) is 11.8 Å². The maximum absolute atomic E-state index is 9.95. The summed E-state index contributed by atoms with van der Waals surface area (Å²) in [6.45, 7) is 5.48. The number of hydrogen-bond acceptors (Lipinski definition) is 3. The molecular formula is C31H26ClN2OP. The van der Waals surface area contributed by atoms with E-state index in [0.29, 0.717) is 21.7 Å². The standard InChI is InChI=1S/C18H15P.C13H11ClN2O/c1-4-10-16(11-5-1)19(17-12-6-2-7-13-17)18-14-8-3-9-15-18;1-6-7(2)13(17)8(3)12-10(6)11(14)9(4-15)5-16-12/h1-15H;5,17H,1-3H3. The van der Waals surface area contributed by atoms with E-state index in [4.69, 9.17) is 16.9 Å². The second-order valence-electron chi connectivity index (χ2n) is 8.39. The fourth-order valence-electron chi connectivity index (χ4n) is 4.13. The Balaban J connectivity index is 0.000000170. The topological polar surface area (TPSA) is 56.9 Å². The highest BCUT2D eigenvalue weighted by molar-refractivity contribution is 7.79. The number of halogens is 1. The summed E-state index contributed by atoms with van der Waals surface area (Å²) in [5.74, 6) is 0.239. The van der Waals surface area contributed by atoms with Crippen LogP contribution in [0.2, 0.25) is 5.02 Å². The molecule has 178 valence electrons.